The normalized spacial score (nSPS) is 33.4. The third-order valence-electron chi connectivity index (χ3n) is 7.03. The van der Waals surface area contributed by atoms with Gasteiger partial charge in [-0.25, -0.2) is 16.8 Å². The molecule has 2 heterocycles. The molecular weight excluding hydrogens is 716 g/mol. The Morgan fingerprint density at radius 2 is 1.04 bits per heavy atom. The molecule has 21 nitrogen and oxygen atoms in total. The summed E-state index contributed by atoms with van der Waals surface area (Å²) in [6, 6.07) is 0. The van der Waals surface area contributed by atoms with Crippen molar-refractivity contribution in [2.45, 2.75) is 77.6 Å². The Labute approximate surface area is 269 Å². The molecule has 0 saturated carbocycles. The lowest BCUT2D eigenvalue weighted by Crippen LogP contribution is -2.53. The van der Waals surface area contributed by atoms with Crippen LogP contribution in [0.2, 0.25) is 0 Å². The minimum Gasteiger partial charge on any atom is -0.726 e. The first-order chi connectivity index (χ1) is 21.1. The molecule has 13 N–H and O–H groups in total. The van der Waals surface area contributed by atoms with Crippen molar-refractivity contribution in [1.82, 2.24) is 0 Å². The van der Waals surface area contributed by atoms with Gasteiger partial charge in [-0.2, -0.15) is 0 Å². The van der Waals surface area contributed by atoms with Crippen LogP contribution in [0.3, 0.4) is 0 Å². The molecule has 2 saturated heterocycles. The van der Waals surface area contributed by atoms with Gasteiger partial charge in [-0.3, -0.25) is 8.37 Å². The van der Waals surface area contributed by atoms with E-state index in [1.807, 2.05) is 0 Å². The molecule has 0 radical (unpaired) electrons. The Morgan fingerprint density at radius 1 is 0.630 bits per heavy atom. The van der Waals surface area contributed by atoms with Crippen LogP contribution in [0.5, 0.6) is 0 Å². The molecule has 25 heteroatoms. The van der Waals surface area contributed by atoms with Gasteiger partial charge in [0.1, 0.15) is 90.2 Å². The molecule has 2 rings (SSSR count). The molecule has 0 bridgehead atoms. The first-order valence-electron chi connectivity index (χ1n) is 13.3. The average Bonchev–Trinajstić information content (AvgIpc) is 3.39. The van der Waals surface area contributed by atoms with Crippen molar-refractivity contribution < 1.29 is 101 Å². The molecule has 0 amide bonds. The van der Waals surface area contributed by atoms with E-state index in [4.69, 9.17) is 15.3 Å². The fraction of sp³-hybridized carbons (Fsp3) is 1.00. The lowest BCUT2D eigenvalue weighted by Gasteiger charge is -2.31. The highest BCUT2D eigenvalue weighted by atomic mass is 32.3. The van der Waals surface area contributed by atoms with Gasteiger partial charge in [-0.1, -0.05) is 0 Å². The summed E-state index contributed by atoms with van der Waals surface area (Å²) in [6.45, 7) is -2.82. The van der Waals surface area contributed by atoms with Crippen LogP contribution in [0.15, 0.2) is 0 Å². The summed E-state index contributed by atoms with van der Waals surface area (Å²) in [4.78, 5) is 0. The number of hydrogen-bond acceptors (Lipinski definition) is 21. The van der Waals surface area contributed by atoms with Crippen molar-refractivity contribution >= 4 is 42.6 Å². The standard InChI is InChI=1S/C12H24O12S2.C9H18O9S2/c13-1-5(15)10(19)11(20)12(24-26(21,22)23)7(17)4-25-3-6(16)9(18)8(25)2-14;10-1-7(18-20(15,16)17)5(12)3-19-4-6(13)9(14)8(19)2-11/h5-20H,1-4H2;5-14H,1-4H2/t;5-,6-,7+,8-,9+,19?/m.0/s1. The summed E-state index contributed by atoms with van der Waals surface area (Å²) in [6.07, 6.45) is -18.1. The molecule has 2 fully saturated rings. The molecule has 2 aliphatic rings. The molecular formula is C21H42O21S4. The average molecular weight is 759 g/mol. The number of hydrogen-bond donors (Lipinski definition) is 13. The summed E-state index contributed by atoms with van der Waals surface area (Å²) < 4.78 is 72.0. The van der Waals surface area contributed by atoms with Crippen molar-refractivity contribution in [3.8, 4) is 0 Å². The fourth-order valence-electron chi connectivity index (χ4n) is 4.61. The minimum atomic E-state index is -5.42. The van der Waals surface area contributed by atoms with Gasteiger partial charge < -0.3 is 75.5 Å². The molecule has 0 spiro atoms. The van der Waals surface area contributed by atoms with Crippen molar-refractivity contribution in [1.29, 1.82) is 0 Å². The maximum absolute atomic E-state index is 10.9. The van der Waals surface area contributed by atoms with Crippen LogP contribution in [-0.2, 0) is 51.0 Å². The highest BCUT2D eigenvalue weighted by Gasteiger charge is 2.52. The predicted molar refractivity (Wildman–Crippen MR) is 153 cm³/mol. The summed E-state index contributed by atoms with van der Waals surface area (Å²) in [5.74, 6) is -0.386. The van der Waals surface area contributed by atoms with Crippen molar-refractivity contribution in [3.05, 3.63) is 0 Å². The molecule has 2 aliphatic heterocycles. The van der Waals surface area contributed by atoms with Crippen LogP contribution in [0.4, 0.5) is 0 Å². The first kappa shape index (κ1) is 43.9. The Morgan fingerprint density at radius 3 is 1.39 bits per heavy atom. The predicted octanol–water partition coefficient (Wildman–Crippen LogP) is -10.1. The van der Waals surface area contributed by atoms with E-state index in [0.717, 1.165) is 0 Å². The second-order valence-electron chi connectivity index (χ2n) is 10.4. The number of aliphatic hydroxyl groups is 13. The first-order valence-corrected chi connectivity index (χ1v) is 19.2. The molecule has 10 unspecified atom stereocenters. The van der Waals surface area contributed by atoms with Crippen LogP contribution in [0.1, 0.15) is 0 Å². The van der Waals surface area contributed by atoms with E-state index in [2.05, 4.69) is 8.37 Å². The van der Waals surface area contributed by atoms with Crippen LogP contribution in [0.25, 0.3) is 0 Å². The molecule has 0 aromatic carbocycles. The molecule has 276 valence electrons. The second kappa shape index (κ2) is 19.3. The van der Waals surface area contributed by atoms with Crippen LogP contribution in [-0.4, -0.2) is 219 Å². The van der Waals surface area contributed by atoms with Crippen LogP contribution >= 0.6 is 0 Å². The fourth-order valence-corrected chi connectivity index (χ4v) is 11.0. The SMILES string of the molecule is O=S(=O)([O-])OC(C(O)C[S+]1CC(O)C(O)C1CO)C(O)C(O)C(O)CO.O=S(=O)([O-])O[C@H](CO)[C@@H](O)C[S+]1C[C@H](O)[C@@H](O)[C@@H]1CO. The van der Waals surface area contributed by atoms with Gasteiger partial charge in [0.15, 0.2) is 10.5 Å². The Balaban J connectivity index is 0.000000476. The Kier molecular flexibility index (Phi) is 18.5. The van der Waals surface area contributed by atoms with E-state index in [9.17, 15) is 77.0 Å². The zero-order valence-corrected chi connectivity index (χ0v) is 27.1. The summed E-state index contributed by atoms with van der Waals surface area (Å²) >= 11 is 0. The number of aliphatic hydroxyl groups excluding tert-OH is 13. The Hall–Kier alpha value is -0.0800. The van der Waals surface area contributed by atoms with E-state index < -0.39 is 147 Å². The highest BCUT2D eigenvalue weighted by molar-refractivity contribution is 7.98. The van der Waals surface area contributed by atoms with E-state index in [1.54, 1.807) is 0 Å². The third-order valence-corrected chi connectivity index (χ3v) is 13.6. The van der Waals surface area contributed by atoms with Crippen molar-refractivity contribution in [2.24, 2.45) is 0 Å². The third kappa shape index (κ3) is 13.3. The largest absolute Gasteiger partial charge is 0.726 e. The van der Waals surface area contributed by atoms with Crippen LogP contribution in [0, 0.1) is 0 Å². The zero-order valence-electron chi connectivity index (χ0n) is 23.9. The monoisotopic (exact) mass is 758 g/mol. The topological polar surface area (TPSA) is 396 Å². The van der Waals surface area contributed by atoms with Crippen LogP contribution < -0.4 is 0 Å². The summed E-state index contributed by atoms with van der Waals surface area (Å²) in [5.41, 5.74) is 0. The van der Waals surface area contributed by atoms with Gasteiger partial charge in [0.05, 0.1) is 26.4 Å². The van der Waals surface area contributed by atoms with E-state index >= 15 is 0 Å². The Bertz CT molecular complexity index is 1100. The molecule has 0 aliphatic carbocycles. The highest BCUT2D eigenvalue weighted by Crippen LogP contribution is 2.27. The molecule has 46 heavy (non-hydrogen) atoms. The lowest BCUT2D eigenvalue weighted by molar-refractivity contribution is -0.129. The van der Waals surface area contributed by atoms with Gasteiger partial charge in [0.25, 0.3) is 0 Å². The van der Waals surface area contributed by atoms with E-state index in [0.29, 0.717) is 0 Å². The van der Waals surface area contributed by atoms with E-state index in [1.165, 1.54) is 0 Å². The van der Waals surface area contributed by atoms with Crippen molar-refractivity contribution in [2.75, 3.05) is 49.4 Å². The maximum Gasteiger partial charge on any atom is 0.218 e. The van der Waals surface area contributed by atoms with Gasteiger partial charge >= 0.3 is 0 Å². The minimum absolute atomic E-state index is 0.0296. The molecule has 0 aromatic heterocycles. The lowest BCUT2D eigenvalue weighted by atomic mass is 10.0. The summed E-state index contributed by atoms with van der Waals surface area (Å²) in [7, 11) is -12.3. The molecule has 0 aromatic rings. The smallest absolute Gasteiger partial charge is 0.218 e. The van der Waals surface area contributed by atoms with Gasteiger partial charge in [0, 0.05) is 21.8 Å². The van der Waals surface area contributed by atoms with E-state index in [-0.39, 0.29) is 23.0 Å². The second-order valence-corrected chi connectivity index (χ2v) is 17.1. The molecule has 15 atom stereocenters. The van der Waals surface area contributed by atoms with Gasteiger partial charge in [-0.05, 0) is 0 Å². The quantitative estimate of drug-likeness (QED) is 0.0372. The number of rotatable bonds is 17. The van der Waals surface area contributed by atoms with Gasteiger partial charge in [-0.15, -0.1) is 0 Å². The summed E-state index contributed by atoms with van der Waals surface area (Å²) in [5, 5.41) is 122. The maximum atomic E-state index is 10.9. The zero-order chi connectivity index (χ0) is 35.7. The van der Waals surface area contributed by atoms with Crippen molar-refractivity contribution in [3.63, 3.8) is 0 Å². The van der Waals surface area contributed by atoms with Gasteiger partial charge in [0.2, 0.25) is 20.8 Å².